The van der Waals surface area contributed by atoms with Crippen LogP contribution in [0, 0.1) is 6.92 Å². The minimum Gasteiger partial charge on any atom is -0.474 e. The Morgan fingerprint density at radius 2 is 1.60 bits per heavy atom. The molecule has 6 rings (SSSR count). The number of nitrogens with one attached hydrogen (secondary N) is 1. The number of sulfone groups is 1. The smallest absolute Gasteiger partial charge is 0.221 e. The third kappa shape index (κ3) is 4.29. The van der Waals surface area contributed by atoms with E-state index in [1.807, 2.05) is 6.92 Å². The van der Waals surface area contributed by atoms with Crippen molar-refractivity contribution in [3.63, 3.8) is 0 Å². The van der Waals surface area contributed by atoms with Crippen molar-refractivity contribution < 1.29 is 21.6 Å². The van der Waals surface area contributed by atoms with Crippen LogP contribution in [0.3, 0.4) is 0 Å². The van der Waals surface area contributed by atoms with Gasteiger partial charge in [0, 0.05) is 24.9 Å². The molecular formula is C23H29N5O5S2. The number of ether oxygens (including phenoxy) is 1. The molecule has 0 spiro atoms. The Hall–Kier alpha value is -2.31. The Balaban J connectivity index is 1.14. The molecular weight excluding hydrogens is 490 g/mol. The molecule has 2 aromatic heterocycles. The monoisotopic (exact) mass is 519 g/mol. The maximum Gasteiger partial charge on any atom is 0.221 e. The van der Waals surface area contributed by atoms with Crippen LogP contribution in [0.15, 0.2) is 29.7 Å². The topological polar surface area (TPSA) is 131 Å². The fraction of sp³-hybridized carbons (Fsp3) is 0.609. The first-order valence-corrected chi connectivity index (χ1v) is 15.3. The highest BCUT2D eigenvalue weighted by atomic mass is 32.2. The lowest BCUT2D eigenvalue weighted by molar-refractivity contribution is 0.0910. The van der Waals surface area contributed by atoms with Crippen molar-refractivity contribution in [2.24, 2.45) is 0 Å². The summed E-state index contributed by atoms with van der Waals surface area (Å²) in [6, 6.07) is 3.20. The number of fused-ring (bicyclic) bond motifs is 2. The zero-order chi connectivity index (χ0) is 24.4. The van der Waals surface area contributed by atoms with Crippen molar-refractivity contribution in [2.75, 3.05) is 5.32 Å². The zero-order valence-electron chi connectivity index (χ0n) is 19.5. The van der Waals surface area contributed by atoms with Gasteiger partial charge in [-0.15, -0.1) is 0 Å². The fourth-order valence-corrected chi connectivity index (χ4v) is 9.12. The van der Waals surface area contributed by atoms with Crippen molar-refractivity contribution in [3.8, 4) is 5.88 Å². The van der Waals surface area contributed by atoms with E-state index in [2.05, 4.69) is 20.3 Å². The Morgan fingerprint density at radius 3 is 2.20 bits per heavy atom. The van der Waals surface area contributed by atoms with Crippen LogP contribution in [0.2, 0.25) is 0 Å². The molecule has 188 valence electrons. The highest BCUT2D eigenvalue weighted by molar-refractivity contribution is 7.92. The summed E-state index contributed by atoms with van der Waals surface area (Å²) < 4.78 is 58.5. The third-order valence-electron chi connectivity index (χ3n) is 7.43. The number of pyridine rings is 1. The molecule has 2 atom stereocenters. The molecule has 2 aliphatic heterocycles. The van der Waals surface area contributed by atoms with Crippen molar-refractivity contribution in [1.82, 2.24) is 19.3 Å². The number of sulfonamides is 1. The van der Waals surface area contributed by atoms with Crippen LogP contribution >= 0.6 is 0 Å². The molecule has 2 aromatic rings. The first-order chi connectivity index (χ1) is 16.7. The van der Waals surface area contributed by atoms with Crippen LogP contribution in [-0.2, 0) is 19.9 Å². The molecule has 2 unspecified atom stereocenters. The first-order valence-electron chi connectivity index (χ1n) is 12.2. The Morgan fingerprint density at radius 1 is 0.914 bits per heavy atom. The SMILES string of the molecule is Cc1c(Nc2ccc(S(=O)(=O)C3CC3)nc2)ncnc1OC1CC2CCC(C1)N2S(=O)(=O)C1CC1. The van der Waals surface area contributed by atoms with E-state index in [0.717, 1.165) is 31.2 Å². The lowest BCUT2D eigenvalue weighted by Gasteiger charge is -2.37. The molecule has 35 heavy (non-hydrogen) atoms. The van der Waals surface area contributed by atoms with Gasteiger partial charge in [0.1, 0.15) is 18.2 Å². The molecule has 12 heteroatoms. The fourth-order valence-electron chi connectivity index (χ4n) is 5.28. The molecule has 4 aliphatic rings. The second-order valence-electron chi connectivity index (χ2n) is 10.1. The summed E-state index contributed by atoms with van der Waals surface area (Å²) in [5.74, 6) is 1.01. The summed E-state index contributed by atoms with van der Waals surface area (Å²) in [5, 5.41) is 2.79. The van der Waals surface area contributed by atoms with Gasteiger partial charge in [-0.2, -0.15) is 4.31 Å². The molecule has 1 N–H and O–H groups in total. The van der Waals surface area contributed by atoms with E-state index in [9.17, 15) is 16.8 Å². The number of rotatable bonds is 8. The predicted molar refractivity (Wildman–Crippen MR) is 129 cm³/mol. The van der Waals surface area contributed by atoms with E-state index in [4.69, 9.17) is 4.74 Å². The number of hydrogen-bond donors (Lipinski definition) is 1. The quantitative estimate of drug-likeness (QED) is 0.559. The molecule has 0 aromatic carbocycles. The summed E-state index contributed by atoms with van der Waals surface area (Å²) in [6.45, 7) is 1.86. The average molecular weight is 520 g/mol. The second-order valence-corrected chi connectivity index (χ2v) is 14.4. The minimum atomic E-state index is -3.33. The Bertz CT molecular complexity index is 1330. The number of anilines is 2. The molecule has 2 saturated carbocycles. The van der Waals surface area contributed by atoms with E-state index >= 15 is 0 Å². The Labute approximate surface area is 205 Å². The van der Waals surface area contributed by atoms with Crippen molar-refractivity contribution in [2.45, 2.75) is 92.0 Å². The minimum absolute atomic E-state index is 0.000552. The number of nitrogens with zero attached hydrogens (tertiary/aromatic N) is 4. The van der Waals surface area contributed by atoms with Crippen LogP contribution in [0.4, 0.5) is 11.5 Å². The van der Waals surface area contributed by atoms with Crippen LogP contribution in [0.1, 0.15) is 56.9 Å². The second kappa shape index (κ2) is 8.38. The lowest BCUT2D eigenvalue weighted by Crippen LogP contribution is -2.50. The molecule has 4 heterocycles. The molecule has 2 aliphatic carbocycles. The van der Waals surface area contributed by atoms with Gasteiger partial charge in [-0.25, -0.2) is 31.8 Å². The highest BCUT2D eigenvalue weighted by Gasteiger charge is 2.52. The van der Waals surface area contributed by atoms with Crippen LogP contribution < -0.4 is 10.1 Å². The van der Waals surface area contributed by atoms with E-state index in [1.54, 1.807) is 10.4 Å². The summed E-state index contributed by atoms with van der Waals surface area (Å²) in [7, 11) is -6.52. The Kier molecular flexibility index (Phi) is 5.53. The summed E-state index contributed by atoms with van der Waals surface area (Å²) in [5.41, 5.74) is 1.34. The van der Waals surface area contributed by atoms with Crippen molar-refractivity contribution >= 4 is 31.4 Å². The molecule has 2 saturated heterocycles. The maximum absolute atomic E-state index is 12.9. The predicted octanol–water partition coefficient (Wildman–Crippen LogP) is 2.73. The lowest BCUT2D eigenvalue weighted by atomic mass is 10.0. The normalized spacial score (nSPS) is 27.1. The zero-order valence-corrected chi connectivity index (χ0v) is 21.1. The van der Waals surface area contributed by atoms with Gasteiger partial charge in [-0.05, 0) is 57.6 Å². The molecule has 10 nitrogen and oxygen atoms in total. The van der Waals surface area contributed by atoms with Gasteiger partial charge < -0.3 is 10.1 Å². The highest BCUT2D eigenvalue weighted by Crippen LogP contribution is 2.44. The molecule has 0 radical (unpaired) electrons. The molecule has 2 bridgehead atoms. The summed E-state index contributed by atoms with van der Waals surface area (Å²) in [6.07, 6.45) is 8.85. The van der Waals surface area contributed by atoms with E-state index in [1.165, 1.54) is 18.6 Å². The van der Waals surface area contributed by atoms with Crippen LogP contribution in [-0.4, -0.2) is 64.8 Å². The van der Waals surface area contributed by atoms with Crippen molar-refractivity contribution in [1.29, 1.82) is 0 Å². The first kappa shape index (κ1) is 23.1. The van der Waals surface area contributed by atoms with Crippen molar-refractivity contribution in [3.05, 3.63) is 30.2 Å². The maximum atomic E-state index is 12.9. The molecule has 4 fully saturated rings. The van der Waals surface area contributed by atoms with Gasteiger partial charge in [0.2, 0.25) is 15.9 Å². The van der Waals surface area contributed by atoms with E-state index in [-0.39, 0.29) is 33.7 Å². The average Bonchev–Trinajstić information content (AvgIpc) is 3.73. The largest absolute Gasteiger partial charge is 0.474 e. The standard InChI is InChI=1S/C23H29N5O5S2/c1-14-22(27-15-2-9-21(24-12-15)34(29,30)19-5-6-19)25-13-26-23(14)33-18-10-16-3-4-17(11-18)28(16)35(31,32)20-7-8-20/h2,9,12-13,16-20H,3-8,10-11H2,1H3,(H,25,26,27). The van der Waals surface area contributed by atoms with Gasteiger partial charge in [0.15, 0.2) is 14.9 Å². The van der Waals surface area contributed by atoms with E-state index in [0.29, 0.717) is 43.1 Å². The summed E-state index contributed by atoms with van der Waals surface area (Å²) in [4.78, 5) is 12.8. The molecule has 0 amide bonds. The number of piperidine rings is 1. The van der Waals surface area contributed by atoms with Gasteiger partial charge >= 0.3 is 0 Å². The summed E-state index contributed by atoms with van der Waals surface area (Å²) >= 11 is 0. The van der Waals surface area contributed by atoms with Gasteiger partial charge in [-0.3, -0.25) is 0 Å². The van der Waals surface area contributed by atoms with Crippen LogP contribution in [0.25, 0.3) is 0 Å². The van der Waals surface area contributed by atoms with Gasteiger partial charge in [0.25, 0.3) is 0 Å². The van der Waals surface area contributed by atoms with Gasteiger partial charge in [0.05, 0.1) is 27.9 Å². The third-order valence-corrected chi connectivity index (χ3v) is 12.1. The van der Waals surface area contributed by atoms with Gasteiger partial charge in [-0.1, -0.05) is 0 Å². The van der Waals surface area contributed by atoms with E-state index < -0.39 is 19.9 Å². The number of aromatic nitrogens is 3. The number of hydrogen-bond acceptors (Lipinski definition) is 9. The van der Waals surface area contributed by atoms with Crippen LogP contribution in [0.5, 0.6) is 5.88 Å².